The minimum absolute atomic E-state index is 0.180. The van der Waals surface area contributed by atoms with Crippen LogP contribution in [0, 0.1) is 5.82 Å². The number of ether oxygens (including phenoxy) is 1. The minimum Gasteiger partial charge on any atom is -0.460 e. The predicted molar refractivity (Wildman–Crippen MR) is 85.9 cm³/mol. The number of piperidine rings is 1. The van der Waals surface area contributed by atoms with Crippen LogP contribution in [0.3, 0.4) is 0 Å². The van der Waals surface area contributed by atoms with Crippen molar-refractivity contribution in [3.63, 3.8) is 0 Å². The van der Waals surface area contributed by atoms with Crippen molar-refractivity contribution in [2.45, 2.75) is 57.1 Å². The van der Waals surface area contributed by atoms with Crippen molar-refractivity contribution in [2.24, 2.45) is 0 Å². The van der Waals surface area contributed by atoms with Crippen molar-refractivity contribution < 1.29 is 31.9 Å². The molecule has 0 aromatic heterocycles. The average Bonchev–Trinajstić information content (AvgIpc) is 2.50. The lowest BCUT2D eigenvalue weighted by Gasteiger charge is -2.42. The number of carbonyl (C=O) groups excluding carboxylic acids is 2. The Bertz CT molecular complexity index is 715. The molecule has 1 atom stereocenters. The molecule has 1 aromatic carbocycles. The summed E-state index contributed by atoms with van der Waals surface area (Å²) >= 11 is 0. The van der Waals surface area contributed by atoms with Gasteiger partial charge in [-0.2, -0.15) is 0 Å². The molecule has 1 saturated heterocycles. The lowest BCUT2D eigenvalue weighted by Crippen LogP contribution is -2.63. The average molecular weight is 375 g/mol. The lowest BCUT2D eigenvalue weighted by atomic mass is 9.78. The normalized spacial score (nSPS) is 22.7. The van der Waals surface area contributed by atoms with E-state index in [1.165, 1.54) is 6.07 Å². The fourth-order valence-electron chi connectivity index (χ4n) is 2.90. The molecule has 1 heterocycles. The Morgan fingerprint density at radius 1 is 1.31 bits per heavy atom. The molecule has 26 heavy (non-hydrogen) atoms. The molecule has 8 heteroatoms. The highest BCUT2D eigenvalue weighted by Crippen LogP contribution is 2.45. The van der Waals surface area contributed by atoms with Crippen LogP contribution in [0.4, 0.5) is 17.6 Å². The Balaban J connectivity index is 2.42. The second kappa shape index (κ2) is 6.89. The quantitative estimate of drug-likeness (QED) is 0.648. The third-order valence-corrected chi connectivity index (χ3v) is 4.10. The van der Waals surface area contributed by atoms with Crippen molar-refractivity contribution in [3.05, 3.63) is 35.1 Å². The maximum Gasteiger partial charge on any atom is 0.310 e. The Morgan fingerprint density at radius 3 is 2.54 bits per heavy atom. The largest absolute Gasteiger partial charge is 0.460 e. The van der Waals surface area contributed by atoms with E-state index in [9.17, 15) is 27.2 Å². The van der Waals surface area contributed by atoms with Gasteiger partial charge in [-0.15, -0.1) is 0 Å². The molecule has 1 fully saturated rings. The Kier molecular flexibility index (Phi) is 5.35. The summed E-state index contributed by atoms with van der Waals surface area (Å²) in [6, 6.07) is 3.10. The number of nitrogens with one attached hydrogen (secondary N) is 1. The van der Waals surface area contributed by atoms with Crippen LogP contribution in [-0.2, 0) is 26.3 Å². The van der Waals surface area contributed by atoms with Crippen LogP contribution in [0.5, 0.6) is 0 Å². The monoisotopic (exact) mass is 375 g/mol. The molecular formula is C18H21F4NO3. The van der Waals surface area contributed by atoms with Gasteiger partial charge in [-0.1, -0.05) is 6.07 Å². The van der Waals surface area contributed by atoms with Crippen LogP contribution in [0.15, 0.2) is 18.2 Å². The van der Waals surface area contributed by atoms with Gasteiger partial charge in [0.05, 0.1) is 6.42 Å². The van der Waals surface area contributed by atoms with E-state index in [4.69, 9.17) is 4.74 Å². The van der Waals surface area contributed by atoms with Crippen LogP contribution in [0.1, 0.15) is 44.7 Å². The molecular weight excluding hydrogens is 354 g/mol. The van der Waals surface area contributed by atoms with Crippen LogP contribution >= 0.6 is 0 Å². The first kappa shape index (κ1) is 20.2. The van der Waals surface area contributed by atoms with E-state index in [-0.39, 0.29) is 12.0 Å². The zero-order chi connectivity index (χ0) is 19.8. The number of carbonyl (C=O) groups is 2. The molecule has 0 spiro atoms. The summed E-state index contributed by atoms with van der Waals surface area (Å²) < 4.78 is 62.1. The summed E-state index contributed by atoms with van der Waals surface area (Å²) in [5, 5.41) is 1.93. The minimum atomic E-state index is -3.68. The first-order chi connectivity index (χ1) is 11.9. The molecule has 1 amide bonds. The van der Waals surface area contributed by atoms with E-state index in [0.29, 0.717) is 0 Å². The standard InChI is InChI=1S/C18H21F4NO3/c1-16(2,3)26-15(25)9-11-4-5-13(20)12(8-11)17(10-19)18(21,22)7-6-14(24)23-17/h4-5,8H,6-7,9-10H2,1-3H3,(H,23,24)/t17-/m1/s1. The lowest BCUT2D eigenvalue weighted by molar-refractivity contribution is -0.156. The molecule has 0 unspecified atom stereocenters. The van der Waals surface area contributed by atoms with E-state index in [2.05, 4.69) is 0 Å². The van der Waals surface area contributed by atoms with Gasteiger partial charge in [0, 0.05) is 18.4 Å². The zero-order valence-corrected chi connectivity index (χ0v) is 14.8. The van der Waals surface area contributed by atoms with E-state index in [1.54, 1.807) is 20.8 Å². The molecule has 1 aliphatic rings. The molecule has 1 N–H and O–H groups in total. The van der Waals surface area contributed by atoms with Crippen LogP contribution in [0.2, 0.25) is 0 Å². The highest BCUT2D eigenvalue weighted by Gasteiger charge is 2.59. The van der Waals surface area contributed by atoms with Crippen molar-refractivity contribution in [1.82, 2.24) is 5.32 Å². The smallest absolute Gasteiger partial charge is 0.310 e. The van der Waals surface area contributed by atoms with Gasteiger partial charge < -0.3 is 10.1 Å². The van der Waals surface area contributed by atoms with Crippen molar-refractivity contribution in [2.75, 3.05) is 6.67 Å². The number of hydrogen-bond donors (Lipinski definition) is 1. The number of alkyl halides is 3. The van der Waals surface area contributed by atoms with E-state index >= 15 is 0 Å². The van der Waals surface area contributed by atoms with Gasteiger partial charge in [0.15, 0.2) is 5.54 Å². The number of hydrogen-bond acceptors (Lipinski definition) is 3. The first-order valence-electron chi connectivity index (χ1n) is 8.16. The molecule has 0 radical (unpaired) electrons. The Hall–Kier alpha value is -2.12. The zero-order valence-electron chi connectivity index (χ0n) is 14.8. The number of amides is 1. The summed E-state index contributed by atoms with van der Waals surface area (Å²) in [5.74, 6) is -6.19. The number of rotatable bonds is 4. The summed E-state index contributed by atoms with van der Waals surface area (Å²) in [6.45, 7) is 3.31. The molecule has 1 aliphatic heterocycles. The maximum absolute atomic E-state index is 14.5. The van der Waals surface area contributed by atoms with E-state index in [0.717, 1.165) is 12.1 Å². The van der Waals surface area contributed by atoms with Gasteiger partial charge in [0.25, 0.3) is 5.92 Å². The molecule has 144 valence electrons. The fraction of sp³-hybridized carbons (Fsp3) is 0.556. The fourth-order valence-corrected chi connectivity index (χ4v) is 2.90. The molecule has 4 nitrogen and oxygen atoms in total. The number of esters is 1. The summed E-state index contributed by atoms with van der Waals surface area (Å²) in [7, 11) is 0. The number of halogens is 4. The molecule has 2 rings (SSSR count). The second-order valence-electron chi connectivity index (χ2n) is 7.37. The summed E-state index contributed by atoms with van der Waals surface area (Å²) in [6.07, 6.45) is -1.67. The molecule has 0 aliphatic carbocycles. The first-order valence-corrected chi connectivity index (χ1v) is 8.16. The number of benzene rings is 1. The van der Waals surface area contributed by atoms with Gasteiger partial charge in [-0.05, 0) is 38.5 Å². The van der Waals surface area contributed by atoms with Crippen molar-refractivity contribution in [3.8, 4) is 0 Å². The van der Waals surface area contributed by atoms with Gasteiger partial charge in [-0.25, -0.2) is 17.6 Å². The van der Waals surface area contributed by atoms with Crippen molar-refractivity contribution >= 4 is 11.9 Å². The topological polar surface area (TPSA) is 55.4 Å². The third-order valence-electron chi connectivity index (χ3n) is 4.10. The van der Waals surface area contributed by atoms with Gasteiger partial charge in [0.2, 0.25) is 5.91 Å². The molecule has 0 bridgehead atoms. The SMILES string of the molecule is CC(C)(C)OC(=O)Cc1ccc(F)c([C@@]2(CF)NC(=O)CCC2(F)F)c1. The van der Waals surface area contributed by atoms with Crippen LogP contribution < -0.4 is 5.32 Å². The Morgan fingerprint density at radius 2 is 1.96 bits per heavy atom. The highest BCUT2D eigenvalue weighted by atomic mass is 19.3. The van der Waals surface area contributed by atoms with E-state index in [1.807, 2.05) is 5.32 Å². The summed E-state index contributed by atoms with van der Waals surface area (Å²) in [4.78, 5) is 23.5. The molecule has 1 aromatic rings. The van der Waals surface area contributed by atoms with Crippen LogP contribution in [-0.4, -0.2) is 30.1 Å². The summed E-state index contributed by atoms with van der Waals surface area (Å²) in [5.41, 5.74) is -4.04. The van der Waals surface area contributed by atoms with Gasteiger partial charge in [0.1, 0.15) is 18.1 Å². The van der Waals surface area contributed by atoms with Crippen LogP contribution in [0.25, 0.3) is 0 Å². The Labute approximate surface area is 148 Å². The van der Waals surface area contributed by atoms with Gasteiger partial charge >= 0.3 is 5.97 Å². The van der Waals surface area contributed by atoms with E-state index < -0.39 is 59.8 Å². The predicted octanol–water partition coefficient (Wildman–Crippen LogP) is 3.42. The molecule has 0 saturated carbocycles. The van der Waals surface area contributed by atoms with Crippen molar-refractivity contribution in [1.29, 1.82) is 0 Å². The second-order valence-corrected chi connectivity index (χ2v) is 7.37. The highest BCUT2D eigenvalue weighted by molar-refractivity contribution is 5.79. The maximum atomic E-state index is 14.5. The third kappa shape index (κ3) is 3.99. The van der Waals surface area contributed by atoms with Gasteiger partial charge in [-0.3, -0.25) is 9.59 Å².